The van der Waals surface area contributed by atoms with Gasteiger partial charge >= 0.3 is 0 Å². The van der Waals surface area contributed by atoms with E-state index in [1.54, 1.807) is 42.4 Å². The molecular formula is C22H21N7O2. The second-order valence-electron chi connectivity index (χ2n) is 7.00. The van der Waals surface area contributed by atoms with E-state index in [4.69, 9.17) is 5.21 Å². The second kappa shape index (κ2) is 8.72. The highest BCUT2D eigenvalue weighted by Gasteiger charge is 2.16. The van der Waals surface area contributed by atoms with Crippen LogP contribution in [0.25, 0.3) is 11.1 Å². The van der Waals surface area contributed by atoms with Gasteiger partial charge in [-0.25, -0.2) is 15.4 Å². The minimum Gasteiger partial charge on any atom is -0.305 e. The van der Waals surface area contributed by atoms with E-state index in [0.29, 0.717) is 23.7 Å². The number of anilines is 2. The molecule has 1 aromatic carbocycles. The van der Waals surface area contributed by atoms with Gasteiger partial charge in [0.15, 0.2) is 5.82 Å². The number of rotatable bonds is 6. The highest BCUT2D eigenvalue weighted by atomic mass is 16.5. The number of hydrogen-bond donors (Lipinski definition) is 3. The summed E-state index contributed by atoms with van der Waals surface area (Å²) in [5.41, 5.74) is 6.88. The van der Waals surface area contributed by atoms with Gasteiger partial charge in [-0.05, 0) is 49.2 Å². The lowest BCUT2D eigenvalue weighted by molar-refractivity contribution is 0.0706. The monoisotopic (exact) mass is 415 g/mol. The van der Waals surface area contributed by atoms with Crippen LogP contribution in [0.15, 0.2) is 61.2 Å². The Balaban J connectivity index is 1.71. The molecule has 0 aliphatic heterocycles. The van der Waals surface area contributed by atoms with Crippen molar-refractivity contribution < 1.29 is 10.0 Å². The Morgan fingerprint density at radius 1 is 1.06 bits per heavy atom. The van der Waals surface area contributed by atoms with Crippen LogP contribution >= 0.6 is 0 Å². The Labute approximate surface area is 178 Å². The Bertz CT molecular complexity index is 1170. The van der Waals surface area contributed by atoms with Crippen LogP contribution in [0.1, 0.15) is 27.3 Å². The van der Waals surface area contributed by atoms with E-state index in [1.165, 1.54) is 0 Å². The summed E-state index contributed by atoms with van der Waals surface area (Å²) >= 11 is 0. The fourth-order valence-electron chi connectivity index (χ4n) is 3.42. The van der Waals surface area contributed by atoms with Gasteiger partial charge in [0.2, 0.25) is 0 Å². The molecule has 0 aliphatic rings. The number of aromatic amines is 1. The molecule has 156 valence electrons. The third-order valence-corrected chi connectivity index (χ3v) is 4.92. The van der Waals surface area contributed by atoms with E-state index >= 15 is 0 Å². The predicted octanol–water partition coefficient (Wildman–Crippen LogP) is 3.34. The first kappa shape index (κ1) is 20.2. The molecule has 9 heteroatoms. The van der Waals surface area contributed by atoms with Crippen molar-refractivity contribution in [1.29, 1.82) is 0 Å². The van der Waals surface area contributed by atoms with Gasteiger partial charge in [0.1, 0.15) is 5.82 Å². The van der Waals surface area contributed by atoms with E-state index in [1.807, 2.05) is 43.0 Å². The maximum absolute atomic E-state index is 11.6. The lowest BCUT2D eigenvalue weighted by atomic mass is 10.0. The lowest BCUT2D eigenvalue weighted by Gasteiger charge is -2.23. The number of H-pyrrole nitrogens is 1. The van der Waals surface area contributed by atoms with Gasteiger partial charge in [-0.3, -0.25) is 20.1 Å². The van der Waals surface area contributed by atoms with E-state index in [0.717, 1.165) is 28.1 Å². The standard InChI is InChI=1S/C22H21N7O2/c1-14-21(15(2)27-26-14)18-7-8-24-19(11-18)29(20-12-23-9-10-25-20)13-16-3-5-17(6-4-16)22(30)28-31/h3-12,31H,13H2,1-2H3,(H,26,27)(H,28,30). The molecule has 0 unspecified atom stereocenters. The van der Waals surface area contributed by atoms with Crippen molar-refractivity contribution in [3.8, 4) is 11.1 Å². The molecule has 3 heterocycles. The van der Waals surface area contributed by atoms with Crippen molar-refractivity contribution in [3.05, 3.63) is 83.7 Å². The number of carbonyl (C=O) groups is 1. The van der Waals surface area contributed by atoms with Gasteiger partial charge in [-0.2, -0.15) is 5.10 Å². The summed E-state index contributed by atoms with van der Waals surface area (Å²) < 4.78 is 0. The van der Waals surface area contributed by atoms with Crippen LogP contribution in [-0.2, 0) is 6.54 Å². The summed E-state index contributed by atoms with van der Waals surface area (Å²) in [4.78, 5) is 26.7. The van der Waals surface area contributed by atoms with Crippen molar-refractivity contribution in [2.24, 2.45) is 0 Å². The van der Waals surface area contributed by atoms with Gasteiger partial charge in [-0.1, -0.05) is 12.1 Å². The maximum Gasteiger partial charge on any atom is 0.274 e. The molecule has 0 spiro atoms. The molecule has 0 atom stereocenters. The van der Waals surface area contributed by atoms with Crippen molar-refractivity contribution in [2.75, 3.05) is 4.90 Å². The first-order chi connectivity index (χ1) is 15.1. The van der Waals surface area contributed by atoms with Crippen LogP contribution in [0.4, 0.5) is 11.6 Å². The molecule has 0 saturated heterocycles. The Hall–Kier alpha value is -4.11. The summed E-state index contributed by atoms with van der Waals surface area (Å²) in [7, 11) is 0. The number of benzene rings is 1. The van der Waals surface area contributed by atoms with Crippen molar-refractivity contribution in [3.63, 3.8) is 0 Å². The summed E-state index contributed by atoms with van der Waals surface area (Å²) in [6.45, 7) is 4.41. The van der Waals surface area contributed by atoms with Crippen molar-refractivity contribution in [2.45, 2.75) is 20.4 Å². The Morgan fingerprint density at radius 2 is 1.84 bits per heavy atom. The SMILES string of the molecule is Cc1n[nH]c(C)c1-c1ccnc(N(Cc2ccc(C(=O)NO)cc2)c2cnccn2)c1. The predicted molar refractivity (Wildman–Crippen MR) is 115 cm³/mol. The van der Waals surface area contributed by atoms with Gasteiger partial charge in [0.05, 0.1) is 18.4 Å². The molecule has 4 rings (SSSR count). The lowest BCUT2D eigenvalue weighted by Crippen LogP contribution is -2.20. The largest absolute Gasteiger partial charge is 0.305 e. The summed E-state index contributed by atoms with van der Waals surface area (Å²) in [5.74, 6) is 0.790. The summed E-state index contributed by atoms with van der Waals surface area (Å²) in [6, 6.07) is 10.9. The quantitative estimate of drug-likeness (QED) is 0.326. The second-order valence-corrected chi connectivity index (χ2v) is 7.00. The molecule has 1 amide bonds. The summed E-state index contributed by atoms with van der Waals surface area (Å²) in [5, 5.41) is 16.1. The number of aryl methyl sites for hydroxylation is 2. The number of hydrogen-bond acceptors (Lipinski definition) is 7. The third-order valence-electron chi connectivity index (χ3n) is 4.92. The molecule has 3 N–H and O–H groups in total. The number of pyridine rings is 1. The molecule has 0 bridgehead atoms. The van der Waals surface area contributed by atoms with Crippen LogP contribution in [0, 0.1) is 13.8 Å². The van der Waals surface area contributed by atoms with Crippen LogP contribution in [0.2, 0.25) is 0 Å². The van der Waals surface area contributed by atoms with E-state index in [9.17, 15) is 4.79 Å². The molecule has 3 aromatic heterocycles. The van der Waals surface area contributed by atoms with Crippen LogP contribution in [0.3, 0.4) is 0 Å². The molecule has 9 nitrogen and oxygen atoms in total. The molecule has 0 saturated carbocycles. The minimum atomic E-state index is -0.558. The average molecular weight is 415 g/mol. The fraction of sp³-hybridized carbons (Fsp3) is 0.136. The zero-order valence-corrected chi connectivity index (χ0v) is 17.1. The van der Waals surface area contributed by atoms with E-state index in [-0.39, 0.29) is 0 Å². The zero-order chi connectivity index (χ0) is 21.8. The number of nitrogens with one attached hydrogen (secondary N) is 2. The third kappa shape index (κ3) is 4.26. The van der Waals surface area contributed by atoms with Gasteiger partial charge in [-0.15, -0.1) is 0 Å². The van der Waals surface area contributed by atoms with Crippen LogP contribution in [0.5, 0.6) is 0 Å². The van der Waals surface area contributed by atoms with E-state index < -0.39 is 5.91 Å². The first-order valence-corrected chi connectivity index (χ1v) is 9.61. The normalized spacial score (nSPS) is 10.7. The number of nitrogens with zero attached hydrogens (tertiary/aromatic N) is 5. The molecule has 0 radical (unpaired) electrons. The molecule has 0 fully saturated rings. The minimum absolute atomic E-state index is 0.364. The Morgan fingerprint density at radius 3 is 2.48 bits per heavy atom. The molecular weight excluding hydrogens is 394 g/mol. The summed E-state index contributed by atoms with van der Waals surface area (Å²) in [6.07, 6.45) is 6.68. The van der Waals surface area contributed by atoms with Gasteiger partial charge in [0.25, 0.3) is 5.91 Å². The highest BCUT2D eigenvalue weighted by molar-refractivity contribution is 5.93. The number of amides is 1. The first-order valence-electron chi connectivity index (χ1n) is 9.61. The maximum atomic E-state index is 11.6. The van der Waals surface area contributed by atoms with Crippen molar-refractivity contribution in [1.82, 2.24) is 30.6 Å². The number of aromatic nitrogens is 5. The van der Waals surface area contributed by atoms with Crippen LogP contribution in [-0.4, -0.2) is 36.3 Å². The average Bonchev–Trinajstić information content (AvgIpc) is 3.15. The molecule has 0 aliphatic carbocycles. The van der Waals surface area contributed by atoms with Crippen molar-refractivity contribution >= 4 is 17.5 Å². The number of hydroxylamine groups is 1. The number of carbonyl (C=O) groups excluding carboxylic acids is 1. The van der Waals surface area contributed by atoms with Gasteiger partial charge in [0, 0.05) is 35.4 Å². The Kier molecular flexibility index (Phi) is 5.67. The van der Waals surface area contributed by atoms with Gasteiger partial charge < -0.3 is 4.90 Å². The molecule has 31 heavy (non-hydrogen) atoms. The highest BCUT2D eigenvalue weighted by Crippen LogP contribution is 2.30. The molecule has 4 aromatic rings. The topological polar surface area (TPSA) is 120 Å². The smallest absolute Gasteiger partial charge is 0.274 e. The zero-order valence-electron chi connectivity index (χ0n) is 17.1. The fourth-order valence-corrected chi connectivity index (χ4v) is 3.42. The van der Waals surface area contributed by atoms with E-state index in [2.05, 4.69) is 25.1 Å². The van der Waals surface area contributed by atoms with Crippen LogP contribution < -0.4 is 10.4 Å².